The van der Waals surface area contributed by atoms with E-state index in [1.54, 1.807) is 12.4 Å². The molecular weight excluding hydrogens is 315 g/mol. The number of aliphatic hydroxyl groups excluding tert-OH is 1. The van der Waals surface area contributed by atoms with Crippen LogP contribution in [0, 0.1) is 0 Å². The van der Waals surface area contributed by atoms with Gasteiger partial charge in [-0.2, -0.15) is 4.98 Å². The van der Waals surface area contributed by atoms with Crippen LogP contribution < -0.4 is 5.69 Å². The Hall–Kier alpha value is -1.80. The highest BCUT2D eigenvalue weighted by Gasteiger charge is 2.36. The van der Waals surface area contributed by atoms with Crippen molar-refractivity contribution in [3.8, 4) is 0 Å². The Balaban J connectivity index is 2.14. The topological polar surface area (TPSA) is 80.0 Å². The molecule has 1 fully saturated rings. The molecule has 1 aromatic rings. The van der Waals surface area contributed by atoms with Crippen LogP contribution in [0.2, 0.25) is 0 Å². The molecule has 1 saturated heterocycles. The van der Waals surface area contributed by atoms with E-state index in [9.17, 15) is 9.18 Å². The summed E-state index contributed by atoms with van der Waals surface area (Å²) in [6.07, 6.45) is 0.240. The summed E-state index contributed by atoms with van der Waals surface area (Å²) in [6, 6.07) is 2.13. The number of aliphatic imine (C=N–C) groups is 1. The summed E-state index contributed by atoms with van der Waals surface area (Å²) in [5.41, 5.74) is -0.555. The van der Waals surface area contributed by atoms with Crippen molar-refractivity contribution >= 4 is 12.2 Å². The van der Waals surface area contributed by atoms with Gasteiger partial charge in [0.1, 0.15) is 18.5 Å². The minimum atomic E-state index is -1.30. The van der Waals surface area contributed by atoms with E-state index in [2.05, 4.69) is 37.7 Å². The Labute approximate surface area is 140 Å². The van der Waals surface area contributed by atoms with Crippen LogP contribution in [0.5, 0.6) is 0 Å². The van der Waals surface area contributed by atoms with Crippen LogP contribution in [-0.2, 0) is 4.74 Å². The Morgan fingerprint density at radius 1 is 1.50 bits per heavy atom. The third-order valence-corrected chi connectivity index (χ3v) is 3.98. The number of nitrogens with zero attached hydrogens (tertiary/aromatic N) is 4. The molecular formula is C16H25FN4O3. The van der Waals surface area contributed by atoms with Crippen molar-refractivity contribution < 1.29 is 14.2 Å². The summed E-state index contributed by atoms with van der Waals surface area (Å²) < 4.78 is 20.2. The molecule has 1 unspecified atom stereocenters. The number of alkyl halides is 1. The molecule has 1 aliphatic rings. The lowest BCUT2D eigenvalue weighted by molar-refractivity contribution is -0.0355. The molecule has 0 aliphatic carbocycles. The predicted octanol–water partition coefficient (Wildman–Crippen LogP) is 1.64. The maximum absolute atomic E-state index is 13.6. The maximum Gasteiger partial charge on any atom is 0.351 e. The van der Waals surface area contributed by atoms with Gasteiger partial charge < -0.3 is 14.7 Å². The third-order valence-electron chi connectivity index (χ3n) is 3.98. The molecule has 3 atom stereocenters. The summed E-state index contributed by atoms with van der Waals surface area (Å²) in [5.74, 6) is 0.288. The highest BCUT2D eigenvalue weighted by Crippen LogP contribution is 2.29. The van der Waals surface area contributed by atoms with Gasteiger partial charge in [-0.05, 0) is 33.8 Å². The van der Waals surface area contributed by atoms with Crippen LogP contribution in [0.1, 0.15) is 40.3 Å². The highest BCUT2D eigenvalue weighted by molar-refractivity contribution is 5.60. The van der Waals surface area contributed by atoms with Crippen molar-refractivity contribution in [1.29, 1.82) is 0 Å². The van der Waals surface area contributed by atoms with Gasteiger partial charge in [-0.3, -0.25) is 4.57 Å². The average molecular weight is 340 g/mol. The quantitative estimate of drug-likeness (QED) is 0.629. The molecule has 2 rings (SSSR count). The van der Waals surface area contributed by atoms with E-state index in [1.807, 2.05) is 4.90 Å². The van der Waals surface area contributed by atoms with Gasteiger partial charge in [0.05, 0.1) is 12.9 Å². The zero-order valence-corrected chi connectivity index (χ0v) is 14.5. The molecule has 0 bridgehead atoms. The summed E-state index contributed by atoms with van der Waals surface area (Å²) in [5, 5.41) is 9.03. The molecule has 24 heavy (non-hydrogen) atoms. The van der Waals surface area contributed by atoms with Crippen LogP contribution in [0.15, 0.2) is 22.1 Å². The number of ether oxygens (including phenoxy) is 1. The van der Waals surface area contributed by atoms with Gasteiger partial charge >= 0.3 is 5.69 Å². The maximum atomic E-state index is 13.6. The van der Waals surface area contributed by atoms with Gasteiger partial charge in [0.15, 0.2) is 5.82 Å². The highest BCUT2D eigenvalue weighted by atomic mass is 19.1. The second kappa shape index (κ2) is 7.85. The van der Waals surface area contributed by atoms with Gasteiger partial charge in [-0.25, -0.2) is 14.2 Å². The molecule has 0 amide bonds. The first kappa shape index (κ1) is 18.5. The van der Waals surface area contributed by atoms with Crippen molar-refractivity contribution in [1.82, 2.24) is 14.5 Å². The Kier molecular flexibility index (Phi) is 6.06. The Bertz CT molecular complexity index is 624. The lowest BCUT2D eigenvalue weighted by Gasteiger charge is -2.27. The van der Waals surface area contributed by atoms with Gasteiger partial charge in [-0.1, -0.05) is 0 Å². The number of rotatable bonds is 6. The van der Waals surface area contributed by atoms with E-state index in [0.717, 1.165) is 0 Å². The minimum Gasteiger partial charge on any atom is -0.394 e. The fraction of sp³-hybridized carbons (Fsp3) is 0.688. The molecule has 1 aromatic heterocycles. The molecule has 1 aliphatic heterocycles. The largest absolute Gasteiger partial charge is 0.394 e. The van der Waals surface area contributed by atoms with Gasteiger partial charge in [-0.15, -0.1) is 0 Å². The number of aromatic nitrogens is 2. The molecule has 0 radical (unpaired) electrons. The van der Waals surface area contributed by atoms with Crippen LogP contribution in [0.3, 0.4) is 0 Å². The average Bonchev–Trinajstić information content (AvgIpc) is 2.87. The second-order valence-corrected chi connectivity index (χ2v) is 6.42. The minimum absolute atomic E-state index is 0.0178. The van der Waals surface area contributed by atoms with Crippen molar-refractivity contribution in [3.63, 3.8) is 0 Å². The summed E-state index contributed by atoms with van der Waals surface area (Å²) in [7, 11) is 0. The van der Waals surface area contributed by atoms with E-state index in [1.165, 1.54) is 10.8 Å². The van der Waals surface area contributed by atoms with Gasteiger partial charge in [0.2, 0.25) is 0 Å². The zero-order valence-electron chi connectivity index (χ0n) is 14.5. The Morgan fingerprint density at radius 3 is 2.67 bits per heavy atom. The van der Waals surface area contributed by atoms with E-state index in [4.69, 9.17) is 9.84 Å². The van der Waals surface area contributed by atoms with Crippen molar-refractivity contribution in [2.24, 2.45) is 4.99 Å². The van der Waals surface area contributed by atoms with E-state index >= 15 is 0 Å². The van der Waals surface area contributed by atoms with E-state index in [0.29, 0.717) is 0 Å². The summed E-state index contributed by atoms with van der Waals surface area (Å²) in [6.45, 7) is 7.81. The van der Waals surface area contributed by atoms with E-state index < -0.39 is 30.8 Å². The van der Waals surface area contributed by atoms with Gasteiger partial charge in [0, 0.05) is 24.7 Å². The molecule has 0 aromatic carbocycles. The van der Waals surface area contributed by atoms with Crippen LogP contribution in [0.4, 0.5) is 10.2 Å². The second-order valence-electron chi connectivity index (χ2n) is 6.42. The van der Waals surface area contributed by atoms with E-state index in [-0.39, 0.29) is 24.3 Å². The lowest BCUT2D eigenvalue weighted by Crippen LogP contribution is -2.35. The standard InChI is InChI=1S/C16H25FN4O3/c1-10(2)21(11(3)4)9-18-14-5-6-20(16(23)19-14)15-7-12(17)13(8-22)24-15/h5-6,9-13,15,22H,7-8H2,1-4H3/t12?,13-,15-/m1/s1. The summed E-state index contributed by atoms with van der Waals surface area (Å²) in [4.78, 5) is 22.3. The van der Waals surface area contributed by atoms with Crippen molar-refractivity contribution in [2.45, 2.75) is 64.7 Å². The fourth-order valence-electron chi connectivity index (χ4n) is 2.71. The smallest absolute Gasteiger partial charge is 0.351 e. The summed E-state index contributed by atoms with van der Waals surface area (Å²) >= 11 is 0. The van der Waals surface area contributed by atoms with Crippen LogP contribution in [0.25, 0.3) is 0 Å². The molecule has 0 saturated carbocycles. The number of hydrogen-bond donors (Lipinski definition) is 1. The first-order chi connectivity index (χ1) is 11.3. The molecule has 7 nitrogen and oxygen atoms in total. The van der Waals surface area contributed by atoms with Crippen molar-refractivity contribution in [3.05, 3.63) is 22.7 Å². The zero-order chi connectivity index (χ0) is 17.9. The Morgan fingerprint density at radius 2 is 2.17 bits per heavy atom. The SMILES string of the molecule is CC(C)N(C=Nc1ccn([C@H]2CC(F)[C@@H](CO)O2)c(=O)n1)C(C)C. The number of aliphatic hydroxyl groups is 1. The van der Waals surface area contributed by atoms with Crippen LogP contribution >= 0.6 is 0 Å². The third kappa shape index (κ3) is 4.18. The number of hydrogen-bond acceptors (Lipinski definition) is 5. The molecule has 1 N–H and O–H groups in total. The fourth-order valence-corrected chi connectivity index (χ4v) is 2.71. The van der Waals surface area contributed by atoms with Crippen LogP contribution in [-0.4, -0.2) is 56.9 Å². The first-order valence-corrected chi connectivity index (χ1v) is 8.14. The molecule has 0 spiro atoms. The number of halogens is 1. The molecule has 8 heteroatoms. The van der Waals surface area contributed by atoms with Gasteiger partial charge in [0.25, 0.3) is 0 Å². The molecule has 2 heterocycles. The monoisotopic (exact) mass is 340 g/mol. The first-order valence-electron chi connectivity index (χ1n) is 8.14. The van der Waals surface area contributed by atoms with Crippen molar-refractivity contribution in [2.75, 3.05) is 6.61 Å². The molecule has 134 valence electrons. The predicted molar refractivity (Wildman–Crippen MR) is 89.3 cm³/mol. The lowest BCUT2D eigenvalue weighted by atomic mass is 10.2. The normalized spacial score (nSPS) is 24.4.